The van der Waals surface area contributed by atoms with Crippen molar-refractivity contribution in [2.45, 2.75) is 25.7 Å². The molecule has 2 aromatic heterocycles. The van der Waals surface area contributed by atoms with Gasteiger partial charge in [-0.25, -0.2) is 4.98 Å². The molecule has 0 aliphatic heterocycles. The van der Waals surface area contributed by atoms with Crippen molar-refractivity contribution >= 4 is 16.9 Å². The van der Waals surface area contributed by atoms with Crippen LogP contribution in [0.2, 0.25) is 0 Å². The predicted octanol–water partition coefficient (Wildman–Crippen LogP) is 2.03. The molecule has 27 heavy (non-hydrogen) atoms. The Kier molecular flexibility index (Phi) is 4.73. The summed E-state index contributed by atoms with van der Waals surface area (Å²) in [7, 11) is 1.64. The fraction of sp³-hybridized carbons (Fsp3) is 0.294. The van der Waals surface area contributed by atoms with Crippen LogP contribution in [0.15, 0.2) is 41.6 Å². The summed E-state index contributed by atoms with van der Waals surface area (Å²) in [6, 6.07) is 4.07. The molecule has 1 atom stereocenters. The summed E-state index contributed by atoms with van der Waals surface area (Å²) in [6.45, 7) is 1.26. The van der Waals surface area contributed by atoms with E-state index in [4.69, 9.17) is 0 Å². The van der Waals surface area contributed by atoms with Gasteiger partial charge in [0.05, 0.1) is 17.8 Å². The van der Waals surface area contributed by atoms with E-state index in [2.05, 4.69) is 15.4 Å². The first-order valence-corrected chi connectivity index (χ1v) is 8.00. The minimum Gasteiger partial charge on any atom is -0.348 e. The van der Waals surface area contributed by atoms with E-state index in [-0.39, 0.29) is 11.9 Å². The van der Waals surface area contributed by atoms with Crippen LogP contribution in [0.25, 0.3) is 11.0 Å². The normalized spacial score (nSPS) is 12.9. The van der Waals surface area contributed by atoms with Gasteiger partial charge in [0, 0.05) is 7.05 Å². The van der Waals surface area contributed by atoms with Crippen LogP contribution in [0.4, 0.5) is 13.2 Å². The molecule has 0 fully saturated rings. The maximum atomic E-state index is 12.8. The SMILES string of the molecule is C[C@H](NC(=O)Cn1cnc2c(cnn2C)c1=O)c1cccc(C(F)(F)F)c1. The zero-order valence-electron chi connectivity index (χ0n) is 14.5. The Morgan fingerprint density at radius 2 is 2.07 bits per heavy atom. The molecule has 0 saturated heterocycles. The largest absolute Gasteiger partial charge is 0.416 e. The van der Waals surface area contributed by atoms with Crippen molar-refractivity contribution < 1.29 is 18.0 Å². The average molecular weight is 379 g/mol. The number of carbonyl (C=O) groups excluding carboxylic acids is 1. The van der Waals surface area contributed by atoms with Gasteiger partial charge in [-0.15, -0.1) is 0 Å². The molecule has 0 aliphatic rings. The molecule has 10 heteroatoms. The molecule has 0 saturated carbocycles. The Labute approximate surface area is 151 Å². The first kappa shape index (κ1) is 18.6. The van der Waals surface area contributed by atoms with Crippen molar-refractivity contribution in [3.8, 4) is 0 Å². The van der Waals surface area contributed by atoms with Crippen LogP contribution >= 0.6 is 0 Å². The highest BCUT2D eigenvalue weighted by Crippen LogP contribution is 2.30. The van der Waals surface area contributed by atoms with Crippen LogP contribution in [-0.4, -0.2) is 25.2 Å². The van der Waals surface area contributed by atoms with E-state index in [9.17, 15) is 22.8 Å². The van der Waals surface area contributed by atoms with E-state index in [0.29, 0.717) is 11.2 Å². The van der Waals surface area contributed by atoms with Crippen molar-refractivity contribution in [3.63, 3.8) is 0 Å². The summed E-state index contributed by atoms with van der Waals surface area (Å²) in [5, 5.41) is 6.81. The number of alkyl halides is 3. The molecule has 0 spiro atoms. The second kappa shape index (κ2) is 6.86. The summed E-state index contributed by atoms with van der Waals surface area (Å²) < 4.78 is 41.0. The number of hydrogen-bond donors (Lipinski definition) is 1. The fourth-order valence-electron chi connectivity index (χ4n) is 2.69. The number of aryl methyl sites for hydroxylation is 1. The van der Waals surface area contributed by atoms with Crippen LogP contribution in [-0.2, 0) is 24.6 Å². The summed E-state index contributed by atoms with van der Waals surface area (Å²) >= 11 is 0. The molecule has 1 N–H and O–H groups in total. The van der Waals surface area contributed by atoms with E-state index < -0.39 is 29.2 Å². The predicted molar refractivity (Wildman–Crippen MR) is 90.8 cm³/mol. The Morgan fingerprint density at radius 3 is 2.78 bits per heavy atom. The van der Waals surface area contributed by atoms with Gasteiger partial charge in [0.1, 0.15) is 18.3 Å². The van der Waals surface area contributed by atoms with Gasteiger partial charge < -0.3 is 5.32 Å². The minimum absolute atomic E-state index is 0.277. The third-order valence-electron chi connectivity index (χ3n) is 4.12. The van der Waals surface area contributed by atoms with Gasteiger partial charge in [-0.05, 0) is 24.6 Å². The number of hydrogen-bond acceptors (Lipinski definition) is 4. The number of amides is 1. The van der Waals surface area contributed by atoms with Crippen LogP contribution in [0.3, 0.4) is 0 Å². The smallest absolute Gasteiger partial charge is 0.348 e. The first-order chi connectivity index (χ1) is 12.7. The molecule has 3 aromatic rings. The van der Waals surface area contributed by atoms with Crippen molar-refractivity contribution in [1.29, 1.82) is 0 Å². The van der Waals surface area contributed by atoms with Crippen LogP contribution < -0.4 is 10.9 Å². The van der Waals surface area contributed by atoms with Gasteiger partial charge in [-0.3, -0.25) is 18.8 Å². The lowest BCUT2D eigenvalue weighted by molar-refractivity contribution is -0.137. The van der Waals surface area contributed by atoms with E-state index in [1.807, 2.05) is 0 Å². The van der Waals surface area contributed by atoms with E-state index in [0.717, 1.165) is 16.7 Å². The zero-order chi connectivity index (χ0) is 19.8. The van der Waals surface area contributed by atoms with Crippen molar-refractivity contribution in [3.05, 3.63) is 58.3 Å². The minimum atomic E-state index is -4.46. The number of halogens is 3. The highest BCUT2D eigenvalue weighted by atomic mass is 19.4. The van der Waals surface area contributed by atoms with Crippen molar-refractivity contribution in [2.75, 3.05) is 0 Å². The van der Waals surface area contributed by atoms with Gasteiger partial charge in [0.2, 0.25) is 5.91 Å². The van der Waals surface area contributed by atoms with Gasteiger partial charge in [-0.2, -0.15) is 18.3 Å². The molecular weight excluding hydrogens is 363 g/mol. The fourth-order valence-corrected chi connectivity index (χ4v) is 2.69. The molecule has 1 aromatic carbocycles. The molecule has 2 heterocycles. The van der Waals surface area contributed by atoms with Gasteiger partial charge >= 0.3 is 6.18 Å². The van der Waals surface area contributed by atoms with Crippen molar-refractivity contribution in [1.82, 2.24) is 24.6 Å². The lowest BCUT2D eigenvalue weighted by Gasteiger charge is -2.16. The maximum Gasteiger partial charge on any atom is 0.416 e. The molecule has 0 bridgehead atoms. The lowest BCUT2D eigenvalue weighted by atomic mass is 10.0. The Bertz CT molecular complexity index is 1050. The third-order valence-corrected chi connectivity index (χ3v) is 4.12. The van der Waals surface area contributed by atoms with Crippen LogP contribution in [0, 0.1) is 0 Å². The highest BCUT2D eigenvalue weighted by Gasteiger charge is 2.30. The second-order valence-corrected chi connectivity index (χ2v) is 6.10. The molecule has 1 amide bonds. The van der Waals surface area contributed by atoms with Crippen LogP contribution in [0.5, 0.6) is 0 Å². The molecule has 142 valence electrons. The summed E-state index contributed by atoms with van der Waals surface area (Å²) in [5.74, 6) is -0.521. The van der Waals surface area contributed by atoms with E-state index in [1.54, 1.807) is 14.0 Å². The highest BCUT2D eigenvalue weighted by molar-refractivity contribution is 5.77. The van der Waals surface area contributed by atoms with E-state index in [1.165, 1.54) is 29.3 Å². The molecule has 3 rings (SSSR count). The van der Waals surface area contributed by atoms with Crippen molar-refractivity contribution in [2.24, 2.45) is 7.05 Å². The van der Waals surface area contributed by atoms with Gasteiger partial charge in [0.15, 0.2) is 5.65 Å². The average Bonchev–Trinajstić information content (AvgIpc) is 2.98. The number of fused-ring (bicyclic) bond motifs is 1. The number of carbonyl (C=O) groups is 1. The first-order valence-electron chi connectivity index (χ1n) is 8.00. The molecule has 0 aliphatic carbocycles. The number of nitrogens with zero attached hydrogens (tertiary/aromatic N) is 4. The molecular formula is C17H16F3N5O2. The number of aromatic nitrogens is 4. The topological polar surface area (TPSA) is 81.8 Å². The summed E-state index contributed by atoms with van der Waals surface area (Å²) in [5.41, 5.74) is -0.501. The Morgan fingerprint density at radius 1 is 1.33 bits per heavy atom. The summed E-state index contributed by atoms with van der Waals surface area (Å²) in [4.78, 5) is 28.7. The summed E-state index contributed by atoms with van der Waals surface area (Å²) in [6.07, 6.45) is -1.86. The quantitative estimate of drug-likeness (QED) is 0.752. The van der Waals surface area contributed by atoms with Crippen LogP contribution in [0.1, 0.15) is 24.1 Å². The zero-order valence-corrected chi connectivity index (χ0v) is 14.5. The van der Waals surface area contributed by atoms with E-state index >= 15 is 0 Å². The molecule has 7 nitrogen and oxygen atoms in total. The third kappa shape index (κ3) is 3.83. The molecule has 0 unspecified atom stereocenters. The number of benzene rings is 1. The second-order valence-electron chi connectivity index (χ2n) is 6.10. The van der Waals surface area contributed by atoms with Gasteiger partial charge in [0.25, 0.3) is 5.56 Å². The maximum absolute atomic E-state index is 12.8. The lowest BCUT2D eigenvalue weighted by Crippen LogP contribution is -2.34. The Hall–Kier alpha value is -3.17. The number of rotatable bonds is 4. The Balaban J connectivity index is 1.74. The molecule has 0 radical (unpaired) electrons. The van der Waals surface area contributed by atoms with Gasteiger partial charge in [-0.1, -0.05) is 12.1 Å². The monoisotopic (exact) mass is 379 g/mol. The standard InChI is InChI=1S/C17H16F3N5O2/c1-10(11-4-3-5-12(6-11)17(18,19)20)23-14(26)8-25-9-21-15-13(16(25)27)7-22-24(15)2/h3-7,9-10H,8H2,1-2H3,(H,23,26)/t10-/m0/s1. The number of nitrogens with one attached hydrogen (secondary N) is 1.